The molecule has 2 nitrogen and oxygen atoms in total. The number of hydrogen-bond donors (Lipinski definition) is 1. The van der Waals surface area contributed by atoms with E-state index in [4.69, 9.17) is 5.73 Å². The minimum absolute atomic E-state index is 0. The molecular formula is C16H21ClF6N2. The third-order valence-electron chi connectivity index (χ3n) is 4.43. The Morgan fingerprint density at radius 1 is 1.00 bits per heavy atom. The van der Waals surface area contributed by atoms with Gasteiger partial charge in [-0.05, 0) is 62.5 Å². The summed E-state index contributed by atoms with van der Waals surface area (Å²) in [6, 6.07) is 1.79. The molecule has 1 aromatic carbocycles. The van der Waals surface area contributed by atoms with E-state index in [1.54, 1.807) is 0 Å². The van der Waals surface area contributed by atoms with E-state index in [-0.39, 0.29) is 36.6 Å². The van der Waals surface area contributed by atoms with Gasteiger partial charge in [0.15, 0.2) is 0 Å². The van der Waals surface area contributed by atoms with E-state index >= 15 is 0 Å². The van der Waals surface area contributed by atoms with Gasteiger partial charge in [0.1, 0.15) is 0 Å². The van der Waals surface area contributed by atoms with Crippen molar-refractivity contribution in [3.05, 3.63) is 34.9 Å². The molecule has 1 atom stereocenters. The smallest absolute Gasteiger partial charge is 0.328 e. The highest BCUT2D eigenvalue weighted by atomic mass is 35.5. The number of hydrogen-bond acceptors (Lipinski definition) is 2. The number of nitrogens with two attached hydrogens (primary N) is 1. The van der Waals surface area contributed by atoms with Crippen molar-refractivity contribution in [3.8, 4) is 0 Å². The third-order valence-corrected chi connectivity index (χ3v) is 4.43. The van der Waals surface area contributed by atoms with Crippen LogP contribution in [0.5, 0.6) is 0 Å². The molecule has 0 aromatic heterocycles. The van der Waals surface area contributed by atoms with Crippen molar-refractivity contribution in [1.29, 1.82) is 0 Å². The molecule has 1 aliphatic heterocycles. The SMILES string of the molecule is CC(N)C1CCN(Cc2cc(C(F)(F)F)cc(C(F)(F)F)c2)CC1.Cl. The molecule has 1 unspecified atom stereocenters. The van der Waals surface area contributed by atoms with Crippen LogP contribution < -0.4 is 5.73 Å². The summed E-state index contributed by atoms with van der Waals surface area (Å²) in [4.78, 5) is 1.87. The molecule has 0 aliphatic carbocycles. The second-order valence-electron chi connectivity index (χ2n) is 6.39. The monoisotopic (exact) mass is 390 g/mol. The lowest BCUT2D eigenvalue weighted by Gasteiger charge is -2.33. The molecule has 2 N–H and O–H groups in total. The maximum Gasteiger partial charge on any atom is 0.416 e. The van der Waals surface area contributed by atoms with Crippen molar-refractivity contribution < 1.29 is 26.3 Å². The zero-order valence-electron chi connectivity index (χ0n) is 13.6. The second-order valence-corrected chi connectivity index (χ2v) is 6.39. The molecule has 0 radical (unpaired) electrons. The highest BCUT2D eigenvalue weighted by Gasteiger charge is 2.37. The van der Waals surface area contributed by atoms with Crippen LogP contribution in [0.4, 0.5) is 26.3 Å². The van der Waals surface area contributed by atoms with Crippen LogP contribution >= 0.6 is 12.4 Å². The molecule has 1 saturated heterocycles. The largest absolute Gasteiger partial charge is 0.416 e. The fourth-order valence-corrected chi connectivity index (χ4v) is 3.01. The fraction of sp³-hybridized carbons (Fsp3) is 0.625. The summed E-state index contributed by atoms with van der Waals surface area (Å²) in [7, 11) is 0. The van der Waals surface area contributed by atoms with Gasteiger partial charge in [0.2, 0.25) is 0 Å². The number of rotatable bonds is 3. The van der Waals surface area contributed by atoms with Gasteiger partial charge >= 0.3 is 12.4 Å². The van der Waals surface area contributed by atoms with Gasteiger partial charge < -0.3 is 5.73 Å². The van der Waals surface area contributed by atoms with E-state index in [9.17, 15) is 26.3 Å². The van der Waals surface area contributed by atoms with Crippen LogP contribution in [-0.2, 0) is 18.9 Å². The Morgan fingerprint density at radius 3 is 1.80 bits per heavy atom. The summed E-state index contributed by atoms with van der Waals surface area (Å²) >= 11 is 0. The molecule has 1 fully saturated rings. The summed E-state index contributed by atoms with van der Waals surface area (Å²) in [5, 5.41) is 0. The highest BCUT2D eigenvalue weighted by molar-refractivity contribution is 5.85. The quantitative estimate of drug-likeness (QED) is 0.758. The Bertz CT molecular complexity index is 530. The van der Waals surface area contributed by atoms with E-state index in [0.29, 0.717) is 19.0 Å². The van der Waals surface area contributed by atoms with Crippen LogP contribution in [0.1, 0.15) is 36.5 Å². The van der Waals surface area contributed by atoms with Gasteiger partial charge in [0, 0.05) is 12.6 Å². The highest BCUT2D eigenvalue weighted by Crippen LogP contribution is 2.36. The molecule has 144 valence electrons. The third kappa shape index (κ3) is 6.04. The topological polar surface area (TPSA) is 29.3 Å². The van der Waals surface area contributed by atoms with E-state index in [0.717, 1.165) is 25.0 Å². The van der Waals surface area contributed by atoms with Crippen LogP contribution in [0.3, 0.4) is 0 Å². The van der Waals surface area contributed by atoms with Crippen LogP contribution in [0.2, 0.25) is 0 Å². The Balaban J connectivity index is 0.00000312. The van der Waals surface area contributed by atoms with Crippen molar-refractivity contribution in [2.45, 2.75) is 44.7 Å². The van der Waals surface area contributed by atoms with Crippen LogP contribution in [0, 0.1) is 5.92 Å². The molecule has 0 bridgehead atoms. The van der Waals surface area contributed by atoms with Crippen molar-refractivity contribution in [2.24, 2.45) is 11.7 Å². The van der Waals surface area contributed by atoms with Crippen LogP contribution in [-0.4, -0.2) is 24.0 Å². The van der Waals surface area contributed by atoms with Crippen molar-refractivity contribution in [3.63, 3.8) is 0 Å². The standard InChI is InChI=1S/C16H20F6N2.ClH/c1-10(23)12-2-4-24(5-3-12)9-11-6-13(15(17,18)19)8-14(7-11)16(20,21)22;/h6-8,10,12H,2-5,9,23H2,1H3;1H. The number of benzene rings is 1. The summed E-state index contributed by atoms with van der Waals surface area (Å²) in [6.07, 6.45) is -8.03. The zero-order chi connectivity index (χ0) is 18.1. The molecule has 9 heteroatoms. The maximum atomic E-state index is 12.9. The second kappa shape index (κ2) is 8.14. The molecule has 0 amide bonds. The van der Waals surface area contributed by atoms with Gasteiger partial charge in [-0.1, -0.05) is 0 Å². The van der Waals surface area contributed by atoms with Gasteiger partial charge in [0.05, 0.1) is 11.1 Å². The van der Waals surface area contributed by atoms with Crippen LogP contribution in [0.15, 0.2) is 18.2 Å². The maximum absolute atomic E-state index is 12.9. The first kappa shape index (κ1) is 22.1. The fourth-order valence-electron chi connectivity index (χ4n) is 3.01. The van der Waals surface area contributed by atoms with Gasteiger partial charge in [-0.15, -0.1) is 12.4 Å². The average molecular weight is 391 g/mol. The van der Waals surface area contributed by atoms with Gasteiger partial charge in [-0.3, -0.25) is 4.90 Å². The summed E-state index contributed by atoms with van der Waals surface area (Å²) < 4.78 is 77.2. The molecule has 1 aromatic rings. The van der Waals surface area contributed by atoms with Crippen molar-refractivity contribution >= 4 is 12.4 Å². The van der Waals surface area contributed by atoms with E-state index in [1.807, 2.05) is 11.8 Å². The van der Waals surface area contributed by atoms with Crippen molar-refractivity contribution in [2.75, 3.05) is 13.1 Å². The van der Waals surface area contributed by atoms with Crippen molar-refractivity contribution in [1.82, 2.24) is 4.90 Å². The number of alkyl halides is 6. The number of likely N-dealkylation sites (tertiary alicyclic amines) is 1. The predicted molar refractivity (Wildman–Crippen MR) is 85.3 cm³/mol. The number of halogens is 7. The molecule has 2 rings (SSSR count). The molecular weight excluding hydrogens is 370 g/mol. The Hall–Kier alpha value is -0.990. The molecule has 0 saturated carbocycles. The summed E-state index contributed by atoms with van der Waals surface area (Å²) in [5.41, 5.74) is 3.32. The molecule has 1 aliphatic rings. The first-order valence-corrected chi connectivity index (χ1v) is 7.73. The minimum Gasteiger partial charge on any atom is -0.328 e. The lowest BCUT2D eigenvalue weighted by molar-refractivity contribution is -0.143. The van der Waals surface area contributed by atoms with Crippen LogP contribution in [0.25, 0.3) is 0 Å². The Morgan fingerprint density at radius 2 is 1.44 bits per heavy atom. The lowest BCUT2D eigenvalue weighted by Crippen LogP contribution is -2.39. The van der Waals surface area contributed by atoms with E-state index in [2.05, 4.69) is 0 Å². The Labute approximate surface area is 148 Å². The zero-order valence-corrected chi connectivity index (χ0v) is 14.4. The normalized spacial score (nSPS) is 18.7. The molecule has 1 heterocycles. The van der Waals surface area contributed by atoms with Gasteiger partial charge in [-0.2, -0.15) is 26.3 Å². The molecule has 25 heavy (non-hydrogen) atoms. The number of nitrogens with zero attached hydrogens (tertiary/aromatic N) is 1. The Kier molecular flexibility index (Phi) is 7.18. The average Bonchev–Trinajstić information content (AvgIpc) is 2.45. The summed E-state index contributed by atoms with van der Waals surface area (Å²) in [5.74, 6) is 0.341. The summed E-state index contributed by atoms with van der Waals surface area (Å²) in [6.45, 7) is 3.20. The van der Waals surface area contributed by atoms with E-state index < -0.39 is 23.5 Å². The number of piperidine rings is 1. The molecule has 0 spiro atoms. The lowest BCUT2D eigenvalue weighted by atomic mass is 9.90. The van der Waals surface area contributed by atoms with Gasteiger partial charge in [0.25, 0.3) is 0 Å². The first-order valence-electron chi connectivity index (χ1n) is 7.73. The predicted octanol–water partition coefficient (Wildman–Crippen LogP) is 4.71. The van der Waals surface area contributed by atoms with E-state index in [1.165, 1.54) is 0 Å². The van der Waals surface area contributed by atoms with Gasteiger partial charge in [-0.25, -0.2) is 0 Å². The minimum atomic E-state index is -4.81. The first-order chi connectivity index (χ1) is 11.0.